The van der Waals surface area contributed by atoms with E-state index in [4.69, 9.17) is 4.74 Å². The van der Waals surface area contributed by atoms with E-state index >= 15 is 4.39 Å². The largest absolute Gasteiger partial charge is 0.497 e. The van der Waals surface area contributed by atoms with Crippen molar-refractivity contribution in [1.82, 2.24) is 9.88 Å². The second kappa shape index (κ2) is 10.9. The quantitative estimate of drug-likeness (QED) is 0.508. The van der Waals surface area contributed by atoms with Crippen LogP contribution in [0.4, 0.5) is 4.39 Å². The van der Waals surface area contributed by atoms with Crippen LogP contribution in [0.3, 0.4) is 0 Å². The Morgan fingerprint density at radius 2 is 2.22 bits per heavy atom. The van der Waals surface area contributed by atoms with Crippen molar-refractivity contribution < 1.29 is 14.2 Å². The highest BCUT2D eigenvalue weighted by atomic mass is 32.1. The van der Waals surface area contributed by atoms with Crippen molar-refractivity contribution >= 4 is 22.2 Å². The number of aliphatic hydroxyl groups is 1. The summed E-state index contributed by atoms with van der Waals surface area (Å²) in [5, 5.41) is 14.8. The lowest BCUT2D eigenvalue weighted by atomic mass is 9.81. The Morgan fingerprint density at radius 3 is 3.00 bits per heavy atom. The maximum Gasteiger partial charge on any atom is 0.126 e. The van der Waals surface area contributed by atoms with Gasteiger partial charge in [-0.25, -0.2) is 4.39 Å². The summed E-state index contributed by atoms with van der Waals surface area (Å²) in [6.45, 7) is 2.58. The predicted octanol–water partition coefficient (Wildman–Crippen LogP) is 5.08. The number of benzene rings is 1. The Hall–Kier alpha value is -2.46. The van der Waals surface area contributed by atoms with Crippen molar-refractivity contribution in [1.29, 1.82) is 0 Å². The number of aromatic nitrogens is 1. The summed E-state index contributed by atoms with van der Waals surface area (Å²) in [6, 6.07) is 9.36. The Labute approximate surface area is 193 Å². The number of hydrogen-bond acceptors (Lipinski definition) is 5. The summed E-state index contributed by atoms with van der Waals surface area (Å²) < 4.78 is 20.6. The van der Waals surface area contributed by atoms with Crippen molar-refractivity contribution in [2.24, 2.45) is 11.8 Å². The molecule has 4 nitrogen and oxygen atoms in total. The molecule has 0 bridgehead atoms. The molecule has 0 amide bonds. The molecule has 2 aromatic heterocycles. The normalized spacial score (nSPS) is 20.0. The van der Waals surface area contributed by atoms with E-state index in [0.29, 0.717) is 30.2 Å². The van der Waals surface area contributed by atoms with E-state index in [2.05, 4.69) is 21.7 Å². The SMILES string of the molecule is COc1ccc2nccc([C@@H](F)CC[C@@H]3CCN(CC#Cc4ccsc4)C[C@@H]3CO)c2c1. The van der Waals surface area contributed by atoms with Crippen LogP contribution in [-0.4, -0.2) is 48.3 Å². The number of pyridine rings is 1. The van der Waals surface area contributed by atoms with E-state index in [1.54, 1.807) is 30.7 Å². The molecule has 0 unspecified atom stereocenters. The zero-order chi connectivity index (χ0) is 22.3. The number of ether oxygens (including phenoxy) is 1. The number of rotatable bonds is 7. The van der Waals surface area contributed by atoms with Crippen LogP contribution in [0, 0.1) is 23.7 Å². The highest BCUT2D eigenvalue weighted by Crippen LogP contribution is 2.35. The zero-order valence-electron chi connectivity index (χ0n) is 18.3. The molecule has 1 aliphatic rings. The van der Waals surface area contributed by atoms with Gasteiger partial charge in [0.1, 0.15) is 11.9 Å². The molecule has 1 aliphatic heterocycles. The van der Waals surface area contributed by atoms with Gasteiger partial charge in [0, 0.05) is 35.7 Å². The molecule has 0 radical (unpaired) electrons. The Morgan fingerprint density at radius 1 is 1.31 bits per heavy atom. The molecule has 0 aliphatic carbocycles. The van der Waals surface area contributed by atoms with Crippen molar-refractivity contribution in [3.05, 3.63) is 58.4 Å². The summed E-state index contributed by atoms with van der Waals surface area (Å²) >= 11 is 1.65. The maximum absolute atomic E-state index is 15.3. The van der Waals surface area contributed by atoms with Crippen LogP contribution in [0.2, 0.25) is 0 Å². The molecule has 3 heterocycles. The third-order valence-electron chi connectivity index (χ3n) is 6.38. The summed E-state index contributed by atoms with van der Waals surface area (Å²) in [7, 11) is 1.61. The van der Waals surface area contributed by atoms with Gasteiger partial charge in [0.2, 0.25) is 0 Å². The molecule has 0 spiro atoms. The molecule has 32 heavy (non-hydrogen) atoms. The summed E-state index contributed by atoms with van der Waals surface area (Å²) in [4.78, 5) is 6.65. The molecule has 4 rings (SSSR count). The van der Waals surface area contributed by atoms with E-state index in [1.165, 1.54) is 0 Å². The van der Waals surface area contributed by atoms with Crippen molar-refractivity contribution in [3.8, 4) is 17.6 Å². The standard InChI is InChI=1S/C26H29FN2O2S/c1-31-22-5-7-26-24(15-22)23(8-11-28-26)25(27)6-4-20-9-13-29(16-21(20)17-30)12-2-3-19-10-14-32-18-19/h5,7-8,10-11,14-15,18,20-21,25,30H,4,6,9,12-13,16-17H2,1H3/t20-,21-,25+/m1/s1. The zero-order valence-corrected chi connectivity index (χ0v) is 19.2. The smallest absolute Gasteiger partial charge is 0.126 e. The number of halogens is 1. The van der Waals surface area contributed by atoms with Gasteiger partial charge in [0.15, 0.2) is 0 Å². The fourth-order valence-corrected chi connectivity index (χ4v) is 5.13. The minimum absolute atomic E-state index is 0.130. The van der Waals surface area contributed by atoms with Gasteiger partial charge in [-0.3, -0.25) is 9.88 Å². The number of fused-ring (bicyclic) bond motifs is 1. The first-order chi connectivity index (χ1) is 15.7. The van der Waals surface area contributed by atoms with E-state index in [0.717, 1.165) is 42.4 Å². The topological polar surface area (TPSA) is 45.6 Å². The third kappa shape index (κ3) is 5.47. The first kappa shape index (κ1) is 22.7. The van der Waals surface area contributed by atoms with Gasteiger partial charge >= 0.3 is 0 Å². The molecular weight excluding hydrogens is 423 g/mol. The van der Waals surface area contributed by atoms with Crippen LogP contribution in [0.5, 0.6) is 5.75 Å². The predicted molar refractivity (Wildman–Crippen MR) is 128 cm³/mol. The fourth-order valence-electron chi connectivity index (χ4n) is 4.54. The lowest BCUT2D eigenvalue weighted by molar-refractivity contribution is 0.0708. The first-order valence-corrected chi connectivity index (χ1v) is 12.0. The molecule has 1 fully saturated rings. The third-order valence-corrected chi connectivity index (χ3v) is 7.06. The van der Waals surface area contributed by atoms with Crippen molar-refractivity contribution in [2.45, 2.75) is 25.4 Å². The number of likely N-dealkylation sites (tertiary alicyclic amines) is 1. The van der Waals surface area contributed by atoms with Crippen LogP contribution in [0.15, 0.2) is 47.3 Å². The van der Waals surface area contributed by atoms with Gasteiger partial charge < -0.3 is 9.84 Å². The van der Waals surface area contributed by atoms with Crippen LogP contribution in [-0.2, 0) is 0 Å². The van der Waals surface area contributed by atoms with Gasteiger partial charge in [-0.15, -0.1) is 0 Å². The minimum Gasteiger partial charge on any atom is -0.497 e. The van der Waals surface area contributed by atoms with Gasteiger partial charge in [-0.1, -0.05) is 11.8 Å². The lowest BCUT2D eigenvalue weighted by Crippen LogP contribution is -2.42. The van der Waals surface area contributed by atoms with Crippen molar-refractivity contribution in [2.75, 3.05) is 33.4 Å². The van der Waals surface area contributed by atoms with E-state index in [1.807, 2.05) is 35.0 Å². The molecule has 1 aromatic carbocycles. The second-order valence-electron chi connectivity index (χ2n) is 8.37. The average molecular weight is 453 g/mol. The second-order valence-corrected chi connectivity index (χ2v) is 9.15. The van der Waals surface area contributed by atoms with E-state index < -0.39 is 6.17 Å². The van der Waals surface area contributed by atoms with Crippen LogP contribution < -0.4 is 4.74 Å². The maximum atomic E-state index is 15.3. The molecular formula is C26H29FN2O2S. The van der Waals surface area contributed by atoms with Gasteiger partial charge in [-0.2, -0.15) is 11.3 Å². The van der Waals surface area contributed by atoms with Crippen LogP contribution in [0.1, 0.15) is 36.6 Å². The number of hydrogen-bond donors (Lipinski definition) is 1. The molecule has 0 saturated carbocycles. The average Bonchev–Trinajstić information content (AvgIpc) is 3.35. The van der Waals surface area contributed by atoms with E-state index in [-0.39, 0.29) is 12.5 Å². The van der Waals surface area contributed by atoms with E-state index in [9.17, 15) is 5.11 Å². The highest BCUT2D eigenvalue weighted by Gasteiger charge is 2.29. The molecule has 6 heteroatoms. The van der Waals surface area contributed by atoms with Crippen molar-refractivity contribution in [3.63, 3.8) is 0 Å². The number of alkyl halides is 1. The van der Waals surface area contributed by atoms with Gasteiger partial charge in [0.25, 0.3) is 0 Å². The highest BCUT2D eigenvalue weighted by molar-refractivity contribution is 7.08. The number of nitrogens with zero attached hydrogens (tertiary/aromatic N) is 2. The molecule has 3 atom stereocenters. The monoisotopic (exact) mass is 452 g/mol. The summed E-state index contributed by atoms with van der Waals surface area (Å²) in [5.41, 5.74) is 2.49. The van der Waals surface area contributed by atoms with Crippen LogP contribution >= 0.6 is 11.3 Å². The number of thiophene rings is 1. The molecule has 168 valence electrons. The molecule has 1 saturated heterocycles. The Kier molecular flexibility index (Phi) is 7.75. The first-order valence-electron chi connectivity index (χ1n) is 11.1. The minimum atomic E-state index is -1.07. The molecule has 3 aromatic rings. The van der Waals surface area contributed by atoms with Gasteiger partial charge in [-0.05, 0) is 78.9 Å². The fraction of sp³-hybridized carbons (Fsp3) is 0.423. The summed E-state index contributed by atoms with van der Waals surface area (Å²) in [5.74, 6) is 7.61. The lowest BCUT2D eigenvalue weighted by Gasteiger charge is -2.37. The number of aliphatic hydroxyl groups excluding tert-OH is 1. The Bertz CT molecular complexity index is 1080. The number of piperidine rings is 1. The summed E-state index contributed by atoms with van der Waals surface area (Å²) in [6.07, 6.45) is 2.76. The van der Waals surface area contributed by atoms with Crippen LogP contribution in [0.25, 0.3) is 10.9 Å². The number of methoxy groups -OCH3 is 1. The Balaban J connectivity index is 1.35. The van der Waals surface area contributed by atoms with Gasteiger partial charge in [0.05, 0.1) is 19.2 Å². The molecule has 1 N–H and O–H groups in total.